The second kappa shape index (κ2) is 5.88. The molecule has 0 aromatic heterocycles. The molecule has 7 heteroatoms. The SMILES string of the molecule is O=C1O[C@@H](/C(=C\Nc2ccc(F)cc2)[N+](=O)[O-])c2ccccc21. The number of rotatable bonds is 4. The first-order valence-electron chi connectivity index (χ1n) is 6.73. The van der Waals surface area contributed by atoms with Crippen LogP contribution in [0.3, 0.4) is 0 Å². The first-order valence-corrected chi connectivity index (χ1v) is 6.73. The highest BCUT2D eigenvalue weighted by molar-refractivity contribution is 5.94. The van der Waals surface area contributed by atoms with Gasteiger partial charge in [-0.3, -0.25) is 10.1 Å². The summed E-state index contributed by atoms with van der Waals surface area (Å²) >= 11 is 0. The van der Waals surface area contributed by atoms with E-state index in [9.17, 15) is 19.3 Å². The van der Waals surface area contributed by atoms with E-state index >= 15 is 0 Å². The van der Waals surface area contributed by atoms with Gasteiger partial charge in [-0.25, -0.2) is 9.18 Å². The summed E-state index contributed by atoms with van der Waals surface area (Å²) < 4.78 is 18.0. The van der Waals surface area contributed by atoms with E-state index in [1.807, 2.05) is 0 Å². The highest BCUT2D eigenvalue weighted by atomic mass is 19.1. The van der Waals surface area contributed by atoms with Gasteiger partial charge in [0.25, 0.3) is 0 Å². The van der Waals surface area contributed by atoms with Crippen molar-refractivity contribution in [3.05, 3.63) is 87.5 Å². The molecular weight excluding hydrogens is 303 g/mol. The molecule has 0 fully saturated rings. The maximum absolute atomic E-state index is 12.9. The van der Waals surface area contributed by atoms with Crippen molar-refractivity contribution in [2.24, 2.45) is 0 Å². The number of halogens is 1. The molecule has 23 heavy (non-hydrogen) atoms. The molecule has 0 spiro atoms. The maximum atomic E-state index is 12.9. The van der Waals surface area contributed by atoms with Crippen molar-refractivity contribution < 1.29 is 18.8 Å². The topological polar surface area (TPSA) is 81.5 Å². The minimum Gasteiger partial charge on any atom is -0.442 e. The van der Waals surface area contributed by atoms with Gasteiger partial charge < -0.3 is 10.1 Å². The van der Waals surface area contributed by atoms with Crippen LogP contribution in [0, 0.1) is 15.9 Å². The van der Waals surface area contributed by atoms with Gasteiger partial charge in [-0.1, -0.05) is 18.2 Å². The van der Waals surface area contributed by atoms with Gasteiger partial charge in [0.2, 0.25) is 6.10 Å². The molecule has 0 unspecified atom stereocenters. The molecule has 0 saturated carbocycles. The third kappa shape index (κ3) is 2.89. The van der Waals surface area contributed by atoms with Crippen LogP contribution < -0.4 is 5.32 Å². The molecule has 0 aliphatic carbocycles. The van der Waals surface area contributed by atoms with Gasteiger partial charge in [-0.15, -0.1) is 0 Å². The van der Waals surface area contributed by atoms with Gasteiger partial charge >= 0.3 is 11.7 Å². The van der Waals surface area contributed by atoms with Crippen molar-refractivity contribution in [1.82, 2.24) is 0 Å². The van der Waals surface area contributed by atoms with E-state index in [-0.39, 0.29) is 5.70 Å². The Bertz CT molecular complexity index is 802. The largest absolute Gasteiger partial charge is 0.442 e. The van der Waals surface area contributed by atoms with Crippen LogP contribution >= 0.6 is 0 Å². The smallest absolute Gasteiger partial charge is 0.339 e. The predicted octanol–water partition coefficient (Wildman–Crippen LogP) is 3.27. The van der Waals surface area contributed by atoms with Crippen LogP contribution in [0.25, 0.3) is 0 Å². The number of ether oxygens (including phenoxy) is 1. The van der Waals surface area contributed by atoms with Gasteiger partial charge in [0.05, 0.1) is 16.7 Å². The summed E-state index contributed by atoms with van der Waals surface area (Å²) in [5.41, 5.74) is 0.921. The Hall–Kier alpha value is -3.22. The molecule has 1 aliphatic rings. The zero-order valence-corrected chi connectivity index (χ0v) is 11.7. The van der Waals surface area contributed by atoms with Crippen molar-refractivity contribution in [1.29, 1.82) is 0 Å². The summed E-state index contributed by atoms with van der Waals surface area (Å²) in [5, 5.41) is 14.0. The van der Waals surface area contributed by atoms with Crippen molar-refractivity contribution in [2.75, 3.05) is 5.32 Å². The number of hydrogen-bond donors (Lipinski definition) is 1. The summed E-state index contributed by atoms with van der Waals surface area (Å²) in [7, 11) is 0. The number of fused-ring (bicyclic) bond motifs is 1. The summed E-state index contributed by atoms with van der Waals surface area (Å²) in [5.74, 6) is -1.01. The molecule has 1 atom stereocenters. The normalized spacial score (nSPS) is 16.7. The van der Waals surface area contributed by atoms with E-state index in [2.05, 4.69) is 5.32 Å². The van der Waals surface area contributed by atoms with Crippen LogP contribution in [-0.2, 0) is 4.74 Å². The van der Waals surface area contributed by atoms with E-state index in [0.29, 0.717) is 16.8 Å². The Balaban J connectivity index is 1.91. The van der Waals surface area contributed by atoms with Crippen LogP contribution in [0.1, 0.15) is 22.0 Å². The van der Waals surface area contributed by atoms with E-state index in [0.717, 1.165) is 6.20 Å². The van der Waals surface area contributed by atoms with Gasteiger partial charge in [0.1, 0.15) is 5.82 Å². The molecule has 0 bridgehead atoms. The molecular formula is C16H11FN2O4. The minimum atomic E-state index is -1.08. The minimum absolute atomic E-state index is 0.312. The molecule has 2 aromatic rings. The molecule has 6 nitrogen and oxygen atoms in total. The number of cyclic esters (lactones) is 1. The molecule has 3 rings (SSSR count). The fraction of sp³-hybridized carbons (Fsp3) is 0.0625. The number of carbonyl (C=O) groups excluding carboxylic acids is 1. The Morgan fingerprint density at radius 3 is 2.61 bits per heavy atom. The quantitative estimate of drug-likeness (QED) is 0.532. The number of benzene rings is 2. The average molecular weight is 314 g/mol. The van der Waals surface area contributed by atoms with Gasteiger partial charge in [0, 0.05) is 11.3 Å². The van der Waals surface area contributed by atoms with Gasteiger partial charge in [-0.05, 0) is 30.3 Å². The zero-order chi connectivity index (χ0) is 16.4. The third-order valence-electron chi connectivity index (χ3n) is 3.40. The lowest BCUT2D eigenvalue weighted by Gasteiger charge is -2.08. The molecule has 1 heterocycles. The second-order valence-electron chi connectivity index (χ2n) is 4.85. The molecule has 0 radical (unpaired) electrons. The maximum Gasteiger partial charge on any atom is 0.339 e. The van der Waals surface area contributed by atoms with E-state index < -0.39 is 22.8 Å². The highest BCUT2D eigenvalue weighted by Gasteiger charge is 2.39. The molecule has 1 aliphatic heterocycles. The first kappa shape index (κ1) is 14.7. The number of anilines is 1. The number of nitro groups is 1. The van der Waals surface area contributed by atoms with E-state index in [1.54, 1.807) is 24.3 Å². The number of nitrogens with zero attached hydrogens (tertiary/aromatic N) is 1. The van der Waals surface area contributed by atoms with Crippen molar-refractivity contribution >= 4 is 11.7 Å². The molecule has 116 valence electrons. The van der Waals surface area contributed by atoms with Gasteiger partial charge in [-0.2, -0.15) is 0 Å². The first-order chi connectivity index (χ1) is 11.1. The monoisotopic (exact) mass is 314 g/mol. The molecule has 2 aromatic carbocycles. The summed E-state index contributed by atoms with van der Waals surface area (Å²) in [4.78, 5) is 22.5. The Kier molecular flexibility index (Phi) is 3.76. The van der Waals surface area contributed by atoms with Crippen LogP contribution in [0.4, 0.5) is 10.1 Å². The Morgan fingerprint density at radius 1 is 1.22 bits per heavy atom. The number of esters is 1. The van der Waals surface area contributed by atoms with Crippen molar-refractivity contribution in [2.45, 2.75) is 6.10 Å². The third-order valence-corrected chi connectivity index (χ3v) is 3.40. The fourth-order valence-corrected chi connectivity index (χ4v) is 2.29. The molecule has 0 amide bonds. The summed E-state index contributed by atoms with van der Waals surface area (Å²) in [6.07, 6.45) is 0.0643. The lowest BCUT2D eigenvalue weighted by Crippen LogP contribution is -2.12. The highest BCUT2D eigenvalue weighted by Crippen LogP contribution is 2.35. The van der Waals surface area contributed by atoms with Crippen molar-refractivity contribution in [3.8, 4) is 0 Å². The molecule has 0 saturated heterocycles. The standard InChI is InChI=1S/C16H11FN2O4/c17-10-5-7-11(8-6-10)18-9-14(19(21)22)15-12-3-1-2-4-13(12)16(20)23-15/h1-9,15,18H/b14-9+/t15-/m1/s1. The Morgan fingerprint density at radius 2 is 1.91 bits per heavy atom. The van der Waals surface area contributed by atoms with E-state index in [1.165, 1.54) is 24.3 Å². The lowest BCUT2D eigenvalue weighted by atomic mass is 10.0. The average Bonchev–Trinajstić information content (AvgIpc) is 2.87. The van der Waals surface area contributed by atoms with E-state index in [4.69, 9.17) is 4.74 Å². The van der Waals surface area contributed by atoms with Crippen LogP contribution in [0.5, 0.6) is 0 Å². The van der Waals surface area contributed by atoms with Crippen LogP contribution in [0.15, 0.2) is 60.4 Å². The predicted molar refractivity (Wildman–Crippen MR) is 79.7 cm³/mol. The molecule has 1 N–H and O–H groups in total. The lowest BCUT2D eigenvalue weighted by molar-refractivity contribution is -0.436. The Labute approximate surface area is 130 Å². The van der Waals surface area contributed by atoms with Crippen LogP contribution in [0.2, 0.25) is 0 Å². The second-order valence-corrected chi connectivity index (χ2v) is 4.85. The van der Waals surface area contributed by atoms with Crippen molar-refractivity contribution in [3.63, 3.8) is 0 Å². The number of nitrogens with one attached hydrogen (secondary N) is 1. The van der Waals surface area contributed by atoms with Gasteiger partial charge in [0.15, 0.2) is 0 Å². The number of hydrogen-bond acceptors (Lipinski definition) is 5. The zero-order valence-electron chi connectivity index (χ0n) is 11.7. The number of carbonyl (C=O) groups is 1. The fourth-order valence-electron chi connectivity index (χ4n) is 2.29. The summed E-state index contributed by atoms with van der Waals surface area (Å²) in [6.45, 7) is 0. The van der Waals surface area contributed by atoms with Crippen LogP contribution in [-0.4, -0.2) is 10.9 Å². The summed E-state index contributed by atoms with van der Waals surface area (Å²) in [6, 6.07) is 11.9.